The first-order chi connectivity index (χ1) is 23.8. The van der Waals surface area contributed by atoms with Crippen LogP contribution in [0.2, 0.25) is 0 Å². The van der Waals surface area contributed by atoms with Crippen LogP contribution in [0.1, 0.15) is 0 Å². The van der Waals surface area contributed by atoms with Gasteiger partial charge in [0.2, 0.25) is 0 Å². The van der Waals surface area contributed by atoms with Crippen molar-refractivity contribution < 1.29 is 0 Å². The molecule has 3 heterocycles. The summed E-state index contributed by atoms with van der Waals surface area (Å²) in [6, 6.07) is 55.4. The fraction of sp³-hybridized carbons (Fsp3) is 0. The van der Waals surface area contributed by atoms with Crippen molar-refractivity contribution >= 4 is 54.4 Å². The van der Waals surface area contributed by atoms with E-state index in [4.69, 9.17) is 0 Å². The van der Waals surface area contributed by atoms with Gasteiger partial charge in [0.1, 0.15) is 0 Å². The number of hydrogen-bond acceptors (Lipinski definition) is 1. The highest BCUT2D eigenvalue weighted by Gasteiger charge is 2.24. The Hall–Kier alpha value is -6.45. The van der Waals surface area contributed by atoms with Crippen LogP contribution in [0.15, 0.2) is 164 Å². The van der Waals surface area contributed by atoms with E-state index in [0.29, 0.717) is 0 Å². The molecular weight excluding hydrogens is 583 g/mol. The minimum absolute atomic E-state index is 1.15. The van der Waals surface area contributed by atoms with Crippen LogP contribution >= 0.6 is 0 Å². The molecule has 1 aliphatic rings. The molecule has 0 spiro atoms. The number of pyridine rings is 1. The summed E-state index contributed by atoms with van der Waals surface area (Å²) in [7, 11) is 0. The van der Waals surface area contributed by atoms with E-state index in [2.05, 4.69) is 166 Å². The van der Waals surface area contributed by atoms with E-state index < -0.39 is 0 Å². The van der Waals surface area contributed by atoms with Gasteiger partial charge in [-0.15, -0.1) is 0 Å². The predicted octanol–water partition coefficient (Wildman–Crippen LogP) is 11.7. The van der Waals surface area contributed by atoms with Gasteiger partial charge in [-0.3, -0.25) is 4.98 Å². The number of fused-ring (bicyclic) bond motifs is 6. The molecule has 0 atom stereocenters. The van der Waals surface area contributed by atoms with E-state index in [1.54, 1.807) is 0 Å². The third kappa shape index (κ3) is 3.40. The van der Waals surface area contributed by atoms with Crippen LogP contribution in [0.3, 0.4) is 0 Å². The summed E-state index contributed by atoms with van der Waals surface area (Å²) < 4.78 is 4.80. The van der Waals surface area contributed by atoms with E-state index in [1.165, 1.54) is 93.5 Å². The largest absolute Gasteiger partial charge is 0.309 e. The summed E-state index contributed by atoms with van der Waals surface area (Å²) in [5.41, 5.74) is 14.5. The Balaban J connectivity index is 1.05. The zero-order valence-electron chi connectivity index (χ0n) is 25.9. The number of para-hydroxylation sites is 2. The Morgan fingerprint density at radius 3 is 1.60 bits per heavy atom. The van der Waals surface area contributed by atoms with Gasteiger partial charge in [0.25, 0.3) is 0 Å². The zero-order valence-corrected chi connectivity index (χ0v) is 25.9. The average molecular weight is 610 g/mol. The lowest BCUT2D eigenvalue weighted by Crippen LogP contribution is -1.95. The molecule has 7 aromatic carbocycles. The molecule has 3 aromatic heterocycles. The highest BCUT2D eigenvalue weighted by molar-refractivity contribution is 6.30. The molecule has 0 unspecified atom stereocenters. The lowest BCUT2D eigenvalue weighted by molar-refractivity contribution is 1.18. The van der Waals surface area contributed by atoms with Gasteiger partial charge in [0.05, 0.1) is 22.1 Å². The minimum atomic E-state index is 1.15. The summed E-state index contributed by atoms with van der Waals surface area (Å²) >= 11 is 0. The van der Waals surface area contributed by atoms with Crippen LogP contribution in [-0.4, -0.2) is 14.1 Å². The molecule has 10 aromatic rings. The molecule has 0 bridgehead atoms. The first kappa shape index (κ1) is 25.7. The summed E-state index contributed by atoms with van der Waals surface area (Å²) in [4.78, 5) is 4.56. The first-order valence-corrected chi connectivity index (χ1v) is 16.5. The smallest absolute Gasteiger partial charge is 0.0547 e. The molecule has 48 heavy (non-hydrogen) atoms. The van der Waals surface area contributed by atoms with Gasteiger partial charge in [0.15, 0.2) is 0 Å². The van der Waals surface area contributed by atoms with Gasteiger partial charge in [0, 0.05) is 50.9 Å². The Labute approximate surface area is 276 Å². The summed E-state index contributed by atoms with van der Waals surface area (Å²) in [6.07, 6.45) is 3.94. The second-order valence-electron chi connectivity index (χ2n) is 12.8. The van der Waals surface area contributed by atoms with Crippen molar-refractivity contribution in [3.63, 3.8) is 0 Å². The maximum atomic E-state index is 4.56. The van der Waals surface area contributed by atoms with E-state index in [-0.39, 0.29) is 0 Å². The van der Waals surface area contributed by atoms with Crippen molar-refractivity contribution in [2.75, 3.05) is 0 Å². The lowest BCUT2D eigenvalue weighted by Gasteiger charge is -2.14. The van der Waals surface area contributed by atoms with Crippen LogP contribution in [0.4, 0.5) is 0 Å². The van der Waals surface area contributed by atoms with Gasteiger partial charge >= 0.3 is 0 Å². The van der Waals surface area contributed by atoms with E-state index in [1.807, 2.05) is 12.4 Å². The first-order valence-electron chi connectivity index (χ1n) is 16.5. The molecular formula is C45H27N3. The van der Waals surface area contributed by atoms with Gasteiger partial charge in [-0.2, -0.15) is 0 Å². The molecule has 0 N–H and O–H groups in total. The molecule has 3 nitrogen and oxygen atoms in total. The molecule has 222 valence electrons. The van der Waals surface area contributed by atoms with Crippen molar-refractivity contribution in [3.8, 4) is 44.8 Å². The topological polar surface area (TPSA) is 22.8 Å². The molecule has 0 aliphatic heterocycles. The molecule has 0 radical (unpaired) electrons. The summed E-state index contributed by atoms with van der Waals surface area (Å²) in [6.45, 7) is 0. The van der Waals surface area contributed by atoms with Crippen molar-refractivity contribution in [2.45, 2.75) is 0 Å². The number of nitrogens with zero attached hydrogens (tertiary/aromatic N) is 3. The van der Waals surface area contributed by atoms with Crippen LogP contribution in [0, 0.1) is 0 Å². The lowest BCUT2D eigenvalue weighted by atomic mass is 9.95. The Bertz CT molecular complexity index is 2870. The van der Waals surface area contributed by atoms with E-state index >= 15 is 0 Å². The standard InChI is InChI=1S/C45H27N3/c1-3-12-39-34(8-1)35-9-2-4-13-40(35)47(39)31-20-15-28(16-21-31)29-17-22-32(23-18-29)48-41-14-6-11-37-38-27-46-26-25-33(38)36-10-5-7-30-19-24-42(48)45(43(30)36)44(37)41/h1-27H. The van der Waals surface area contributed by atoms with Gasteiger partial charge < -0.3 is 9.13 Å². The van der Waals surface area contributed by atoms with Crippen LogP contribution in [0.25, 0.3) is 99.1 Å². The van der Waals surface area contributed by atoms with Gasteiger partial charge in [-0.25, -0.2) is 0 Å². The second kappa shape index (κ2) is 9.54. The van der Waals surface area contributed by atoms with E-state index in [0.717, 1.165) is 5.69 Å². The third-order valence-corrected chi connectivity index (χ3v) is 10.4. The summed E-state index contributed by atoms with van der Waals surface area (Å²) in [5.74, 6) is 0. The van der Waals surface area contributed by atoms with Crippen LogP contribution in [0.5, 0.6) is 0 Å². The van der Waals surface area contributed by atoms with Crippen LogP contribution < -0.4 is 0 Å². The van der Waals surface area contributed by atoms with Crippen molar-refractivity contribution in [1.82, 2.24) is 14.1 Å². The molecule has 3 heteroatoms. The average Bonchev–Trinajstić information content (AvgIpc) is 3.64. The Morgan fingerprint density at radius 1 is 0.354 bits per heavy atom. The second-order valence-corrected chi connectivity index (χ2v) is 12.8. The molecule has 0 saturated heterocycles. The molecule has 0 saturated carbocycles. The quantitative estimate of drug-likeness (QED) is 0.195. The normalized spacial score (nSPS) is 12.2. The molecule has 1 aliphatic carbocycles. The van der Waals surface area contributed by atoms with Crippen LogP contribution in [-0.2, 0) is 0 Å². The number of rotatable bonds is 3. The van der Waals surface area contributed by atoms with Crippen molar-refractivity contribution in [1.29, 1.82) is 0 Å². The highest BCUT2D eigenvalue weighted by Crippen LogP contribution is 2.49. The molecule has 11 rings (SSSR count). The van der Waals surface area contributed by atoms with Gasteiger partial charge in [-0.1, -0.05) is 97.1 Å². The summed E-state index contributed by atoms with van der Waals surface area (Å²) in [5, 5.41) is 7.74. The maximum Gasteiger partial charge on any atom is 0.0547 e. The Morgan fingerprint density at radius 2 is 0.917 bits per heavy atom. The fourth-order valence-electron chi connectivity index (χ4n) is 8.30. The highest BCUT2D eigenvalue weighted by atomic mass is 15.0. The van der Waals surface area contributed by atoms with Crippen molar-refractivity contribution in [3.05, 3.63) is 164 Å². The minimum Gasteiger partial charge on any atom is -0.309 e. The van der Waals surface area contributed by atoms with Gasteiger partial charge in [-0.05, 0) is 93.2 Å². The number of aromatic nitrogens is 3. The number of hydrogen-bond donors (Lipinski definition) is 0. The fourth-order valence-corrected chi connectivity index (χ4v) is 8.30. The van der Waals surface area contributed by atoms with E-state index in [9.17, 15) is 0 Å². The third-order valence-electron chi connectivity index (χ3n) is 10.4. The maximum absolute atomic E-state index is 4.56. The SMILES string of the molecule is c1cc2c3c(c1)ccc1c3c3c(cccc3n1-c1ccc(-c3ccc(-n4c5ccccc5c5ccccc54)cc3)cc1)-c1cnccc1-2. The molecule has 0 fully saturated rings. The Kier molecular flexibility index (Phi) is 5.11. The number of benzene rings is 7. The predicted molar refractivity (Wildman–Crippen MR) is 200 cm³/mol. The molecule has 0 amide bonds. The van der Waals surface area contributed by atoms with Crippen molar-refractivity contribution in [2.24, 2.45) is 0 Å². The monoisotopic (exact) mass is 609 g/mol. The zero-order chi connectivity index (χ0) is 31.3.